The van der Waals surface area contributed by atoms with Crippen molar-refractivity contribution >= 4 is 0 Å². The van der Waals surface area contributed by atoms with Crippen molar-refractivity contribution < 1.29 is 4.39 Å². The van der Waals surface area contributed by atoms with Crippen molar-refractivity contribution in [2.75, 3.05) is 32.7 Å². The fourth-order valence-corrected chi connectivity index (χ4v) is 3.08. The number of hydrogen-bond acceptors (Lipinski definition) is 3. The van der Waals surface area contributed by atoms with Gasteiger partial charge in [0.1, 0.15) is 5.82 Å². The molecule has 0 bridgehead atoms. The van der Waals surface area contributed by atoms with Crippen LogP contribution in [0.2, 0.25) is 0 Å². The van der Waals surface area contributed by atoms with E-state index in [2.05, 4.69) is 30.6 Å². The van der Waals surface area contributed by atoms with Crippen LogP contribution in [0.4, 0.5) is 4.39 Å². The van der Waals surface area contributed by atoms with E-state index in [1.165, 1.54) is 0 Å². The van der Waals surface area contributed by atoms with Crippen LogP contribution in [-0.2, 0) is 0 Å². The van der Waals surface area contributed by atoms with E-state index in [9.17, 15) is 4.39 Å². The van der Waals surface area contributed by atoms with Gasteiger partial charge in [0.25, 0.3) is 0 Å². The molecule has 1 aliphatic heterocycles. The number of aryl methyl sites for hydroxylation is 1. The van der Waals surface area contributed by atoms with E-state index >= 15 is 0 Å². The molecule has 1 aromatic carbocycles. The highest BCUT2D eigenvalue weighted by atomic mass is 19.1. The topological polar surface area (TPSA) is 32.5 Å². The monoisotopic (exact) mass is 293 g/mol. The third-order valence-electron chi connectivity index (χ3n) is 4.49. The van der Waals surface area contributed by atoms with E-state index in [0.717, 1.165) is 31.7 Å². The highest BCUT2D eigenvalue weighted by Crippen LogP contribution is 2.25. The Kier molecular flexibility index (Phi) is 5.02. The highest BCUT2D eigenvalue weighted by molar-refractivity contribution is 5.27. The lowest BCUT2D eigenvalue weighted by molar-refractivity contribution is 0.0433. The average Bonchev–Trinajstić information content (AvgIpc) is 2.43. The second kappa shape index (κ2) is 6.42. The van der Waals surface area contributed by atoms with Gasteiger partial charge in [-0.2, -0.15) is 0 Å². The summed E-state index contributed by atoms with van der Waals surface area (Å²) in [6.07, 6.45) is 0. The molecule has 0 aromatic heterocycles. The van der Waals surface area contributed by atoms with Crippen molar-refractivity contribution in [1.82, 2.24) is 9.80 Å². The Morgan fingerprint density at radius 2 is 1.81 bits per heavy atom. The summed E-state index contributed by atoms with van der Waals surface area (Å²) in [4.78, 5) is 4.93. The summed E-state index contributed by atoms with van der Waals surface area (Å²) in [7, 11) is 0. The van der Waals surface area contributed by atoms with Crippen LogP contribution in [0.1, 0.15) is 37.9 Å². The van der Waals surface area contributed by atoms with Crippen molar-refractivity contribution in [3.63, 3.8) is 0 Å². The smallest absolute Gasteiger partial charge is 0.126 e. The summed E-state index contributed by atoms with van der Waals surface area (Å²) in [6, 6.07) is 5.55. The Labute approximate surface area is 127 Å². The first-order valence-corrected chi connectivity index (χ1v) is 7.78. The molecule has 1 fully saturated rings. The minimum absolute atomic E-state index is 0.146. The van der Waals surface area contributed by atoms with Crippen LogP contribution in [0, 0.1) is 12.7 Å². The van der Waals surface area contributed by atoms with Crippen molar-refractivity contribution in [2.45, 2.75) is 39.3 Å². The van der Waals surface area contributed by atoms with Gasteiger partial charge in [-0.15, -0.1) is 0 Å². The second-order valence-electron chi connectivity index (χ2n) is 6.95. The molecule has 21 heavy (non-hydrogen) atoms. The quantitative estimate of drug-likeness (QED) is 0.929. The van der Waals surface area contributed by atoms with Gasteiger partial charge >= 0.3 is 0 Å². The zero-order valence-corrected chi connectivity index (χ0v) is 13.7. The maximum absolute atomic E-state index is 13.4. The van der Waals surface area contributed by atoms with Crippen LogP contribution in [0.15, 0.2) is 18.2 Å². The van der Waals surface area contributed by atoms with E-state index in [4.69, 9.17) is 5.73 Å². The van der Waals surface area contributed by atoms with Crippen molar-refractivity contribution in [3.05, 3.63) is 35.1 Å². The lowest BCUT2D eigenvalue weighted by Crippen LogP contribution is -2.54. The number of nitrogens with two attached hydrogens (primary N) is 1. The Morgan fingerprint density at radius 3 is 2.29 bits per heavy atom. The van der Waals surface area contributed by atoms with E-state index in [1.807, 2.05) is 19.1 Å². The number of benzene rings is 1. The Balaban J connectivity index is 2.07. The van der Waals surface area contributed by atoms with Gasteiger partial charge in [-0.3, -0.25) is 9.80 Å². The normalized spacial score (nSPS) is 19.7. The van der Waals surface area contributed by atoms with Gasteiger partial charge in [-0.05, 0) is 44.9 Å². The Hall–Kier alpha value is -0.970. The summed E-state index contributed by atoms with van der Waals surface area (Å²) >= 11 is 0. The first kappa shape index (κ1) is 16.4. The van der Waals surface area contributed by atoms with Gasteiger partial charge in [-0.25, -0.2) is 4.39 Å². The zero-order chi connectivity index (χ0) is 15.6. The maximum atomic E-state index is 13.4. The lowest BCUT2D eigenvalue weighted by atomic mass is 10.0. The molecule has 3 nitrogen and oxygen atoms in total. The third kappa shape index (κ3) is 3.82. The maximum Gasteiger partial charge on any atom is 0.126 e. The molecule has 1 heterocycles. The van der Waals surface area contributed by atoms with Crippen LogP contribution in [0.5, 0.6) is 0 Å². The fraction of sp³-hybridized carbons (Fsp3) is 0.647. The molecule has 1 atom stereocenters. The van der Waals surface area contributed by atoms with Crippen molar-refractivity contribution in [1.29, 1.82) is 0 Å². The van der Waals surface area contributed by atoms with Gasteiger partial charge < -0.3 is 5.73 Å². The lowest BCUT2D eigenvalue weighted by Gasteiger charge is -2.44. The molecule has 1 aromatic rings. The standard InChI is InChI=1S/C17H28FN3/c1-13-11-14(5-6-15(13)18)16(12-19)20-7-9-21(10-8-20)17(2,3)4/h5-6,11,16H,7-10,12,19H2,1-4H3. The molecular formula is C17H28FN3. The van der Waals surface area contributed by atoms with Crippen LogP contribution < -0.4 is 5.73 Å². The molecule has 0 spiro atoms. The predicted octanol–water partition coefficient (Wildman–Crippen LogP) is 2.55. The van der Waals surface area contributed by atoms with Gasteiger partial charge in [0, 0.05) is 44.3 Å². The molecule has 2 N–H and O–H groups in total. The van der Waals surface area contributed by atoms with Crippen LogP contribution in [0.25, 0.3) is 0 Å². The Morgan fingerprint density at radius 1 is 1.19 bits per heavy atom. The summed E-state index contributed by atoms with van der Waals surface area (Å²) in [6.45, 7) is 13.3. The first-order valence-electron chi connectivity index (χ1n) is 7.78. The molecule has 0 radical (unpaired) electrons. The van der Waals surface area contributed by atoms with Crippen LogP contribution in [-0.4, -0.2) is 48.1 Å². The average molecular weight is 293 g/mol. The highest BCUT2D eigenvalue weighted by Gasteiger charge is 2.29. The molecule has 0 amide bonds. The van der Waals surface area contributed by atoms with Gasteiger partial charge in [0.15, 0.2) is 0 Å². The van der Waals surface area contributed by atoms with Gasteiger partial charge in [-0.1, -0.05) is 12.1 Å². The van der Waals surface area contributed by atoms with Crippen LogP contribution in [0.3, 0.4) is 0 Å². The van der Waals surface area contributed by atoms with E-state index in [0.29, 0.717) is 12.1 Å². The minimum atomic E-state index is -0.146. The first-order chi connectivity index (χ1) is 9.82. The summed E-state index contributed by atoms with van der Waals surface area (Å²) in [5.41, 5.74) is 8.03. The number of piperazine rings is 1. The van der Waals surface area contributed by atoms with Gasteiger partial charge in [0.2, 0.25) is 0 Å². The molecule has 1 aliphatic rings. The fourth-order valence-electron chi connectivity index (χ4n) is 3.08. The number of hydrogen-bond donors (Lipinski definition) is 1. The van der Waals surface area contributed by atoms with Crippen LogP contribution >= 0.6 is 0 Å². The molecule has 0 aliphatic carbocycles. The largest absolute Gasteiger partial charge is 0.329 e. The number of halogens is 1. The summed E-state index contributed by atoms with van der Waals surface area (Å²) in [5, 5.41) is 0. The molecule has 118 valence electrons. The zero-order valence-electron chi connectivity index (χ0n) is 13.7. The predicted molar refractivity (Wildman–Crippen MR) is 85.8 cm³/mol. The molecule has 2 rings (SSSR count). The van der Waals surface area contributed by atoms with E-state index in [-0.39, 0.29) is 17.4 Å². The Bertz CT molecular complexity index is 473. The van der Waals surface area contributed by atoms with Crippen molar-refractivity contribution in [3.8, 4) is 0 Å². The number of nitrogens with zero attached hydrogens (tertiary/aromatic N) is 2. The molecule has 4 heteroatoms. The third-order valence-corrected chi connectivity index (χ3v) is 4.49. The number of rotatable bonds is 3. The van der Waals surface area contributed by atoms with E-state index in [1.54, 1.807) is 6.07 Å². The SMILES string of the molecule is Cc1cc(C(CN)N2CCN(C(C)(C)C)CC2)ccc1F. The van der Waals surface area contributed by atoms with E-state index < -0.39 is 0 Å². The summed E-state index contributed by atoms with van der Waals surface area (Å²) < 4.78 is 13.4. The summed E-state index contributed by atoms with van der Waals surface area (Å²) in [5.74, 6) is -0.146. The molecule has 1 saturated heterocycles. The second-order valence-corrected chi connectivity index (χ2v) is 6.95. The van der Waals surface area contributed by atoms with Crippen molar-refractivity contribution in [2.24, 2.45) is 5.73 Å². The molecule has 0 saturated carbocycles. The van der Waals surface area contributed by atoms with Gasteiger partial charge in [0.05, 0.1) is 0 Å². The molecular weight excluding hydrogens is 265 g/mol. The molecule has 1 unspecified atom stereocenters. The minimum Gasteiger partial charge on any atom is -0.329 e.